The Bertz CT molecular complexity index is 946. The van der Waals surface area contributed by atoms with Gasteiger partial charge in [-0.15, -0.1) is 5.10 Å². The van der Waals surface area contributed by atoms with Gasteiger partial charge in [-0.3, -0.25) is 9.59 Å². The van der Waals surface area contributed by atoms with Crippen molar-refractivity contribution >= 4 is 11.7 Å². The van der Waals surface area contributed by atoms with E-state index in [0.29, 0.717) is 23.5 Å². The van der Waals surface area contributed by atoms with Crippen LogP contribution in [0.4, 0.5) is 0 Å². The zero-order valence-electron chi connectivity index (χ0n) is 16.4. The van der Waals surface area contributed by atoms with Crippen LogP contribution < -0.4 is 5.73 Å². The van der Waals surface area contributed by atoms with Crippen molar-refractivity contribution in [2.75, 3.05) is 0 Å². The van der Waals surface area contributed by atoms with Crippen molar-refractivity contribution < 1.29 is 9.59 Å². The second-order valence-corrected chi connectivity index (χ2v) is 8.30. The Balaban J connectivity index is 1.57. The van der Waals surface area contributed by atoms with E-state index in [9.17, 15) is 14.9 Å². The van der Waals surface area contributed by atoms with Crippen molar-refractivity contribution in [1.29, 1.82) is 5.26 Å². The van der Waals surface area contributed by atoms with E-state index in [1.54, 1.807) is 28.9 Å². The van der Waals surface area contributed by atoms with Crippen molar-refractivity contribution in [3.8, 4) is 6.07 Å². The number of benzene rings is 1. The molecule has 0 spiro atoms. The molecule has 29 heavy (non-hydrogen) atoms. The normalized spacial score (nSPS) is 19.3. The Hall–Kier alpha value is -3.01. The quantitative estimate of drug-likeness (QED) is 0.727. The average molecular weight is 391 g/mol. The molecule has 1 heterocycles. The molecule has 7 heteroatoms. The minimum atomic E-state index is -0.545. The lowest BCUT2D eigenvalue weighted by Gasteiger charge is -2.28. The molecule has 2 aliphatic carbocycles. The van der Waals surface area contributed by atoms with Crippen LogP contribution in [0.2, 0.25) is 0 Å². The zero-order valence-corrected chi connectivity index (χ0v) is 16.4. The predicted octanol–water partition coefficient (Wildman–Crippen LogP) is 3.33. The SMILES string of the molecule is N#CC1(n2cc([C@@H](CC(=O)c3ccc(C(N)=O)cc3)C3CCCCC3)nn2)CC1. The Kier molecular flexibility index (Phi) is 5.18. The molecule has 1 amide bonds. The standard InChI is InChI=1S/C22H25N5O2/c23-14-22(10-11-22)27-13-19(25-26-27)18(15-4-2-1-3-5-15)12-20(28)16-6-8-17(9-7-16)21(24)29/h6-9,13,15,18H,1-5,10-12H2,(H2,24,29)/t18-/m0/s1. The molecule has 2 N–H and O–H groups in total. The third-order valence-electron chi connectivity index (χ3n) is 6.38. The monoisotopic (exact) mass is 391 g/mol. The summed E-state index contributed by atoms with van der Waals surface area (Å²) in [5, 5.41) is 18.0. The molecular formula is C22H25N5O2. The lowest BCUT2D eigenvalue weighted by Crippen LogP contribution is -2.20. The molecule has 2 saturated carbocycles. The number of rotatable bonds is 7. The molecule has 2 aliphatic rings. The number of hydrogen-bond acceptors (Lipinski definition) is 5. The average Bonchev–Trinajstić information content (AvgIpc) is 3.41. The molecule has 2 aromatic rings. The second-order valence-electron chi connectivity index (χ2n) is 8.30. The Morgan fingerprint density at radius 2 is 1.83 bits per heavy atom. The van der Waals surface area contributed by atoms with Gasteiger partial charge in [0.2, 0.25) is 5.91 Å². The van der Waals surface area contributed by atoms with E-state index in [1.165, 1.54) is 19.3 Å². The third kappa shape index (κ3) is 3.93. The van der Waals surface area contributed by atoms with Gasteiger partial charge in [-0.1, -0.05) is 36.6 Å². The van der Waals surface area contributed by atoms with Gasteiger partial charge in [-0.05, 0) is 43.7 Å². The van der Waals surface area contributed by atoms with Crippen LogP contribution in [0.25, 0.3) is 0 Å². The van der Waals surface area contributed by atoms with Gasteiger partial charge in [0.05, 0.1) is 18.0 Å². The lowest BCUT2D eigenvalue weighted by atomic mass is 9.76. The molecule has 4 rings (SSSR count). The van der Waals surface area contributed by atoms with Crippen LogP contribution in [-0.2, 0) is 5.54 Å². The maximum absolute atomic E-state index is 13.0. The van der Waals surface area contributed by atoms with Crippen LogP contribution in [0.5, 0.6) is 0 Å². The molecule has 2 fully saturated rings. The number of Topliss-reactive ketones (excluding diaryl/α,β-unsaturated/α-hetero) is 1. The number of hydrogen-bond donors (Lipinski definition) is 1. The molecule has 150 valence electrons. The zero-order chi connectivity index (χ0) is 20.4. The molecule has 7 nitrogen and oxygen atoms in total. The number of aromatic nitrogens is 3. The number of nitrogens with two attached hydrogens (primary N) is 1. The number of nitriles is 1. The number of primary amides is 1. The van der Waals surface area contributed by atoms with Crippen LogP contribution in [0.15, 0.2) is 30.5 Å². The first-order valence-corrected chi connectivity index (χ1v) is 10.3. The van der Waals surface area contributed by atoms with Crippen LogP contribution in [0, 0.1) is 17.2 Å². The smallest absolute Gasteiger partial charge is 0.248 e. The largest absolute Gasteiger partial charge is 0.366 e. The number of carbonyl (C=O) groups is 2. The molecule has 0 unspecified atom stereocenters. The van der Waals surface area contributed by atoms with E-state index in [2.05, 4.69) is 16.4 Å². The van der Waals surface area contributed by atoms with Crippen molar-refractivity contribution in [2.45, 2.75) is 62.8 Å². The topological polar surface area (TPSA) is 115 Å². The van der Waals surface area contributed by atoms with Crippen LogP contribution >= 0.6 is 0 Å². The van der Waals surface area contributed by atoms with Gasteiger partial charge in [0.15, 0.2) is 11.3 Å². The molecule has 0 bridgehead atoms. The van der Waals surface area contributed by atoms with Gasteiger partial charge in [-0.25, -0.2) is 4.68 Å². The minimum absolute atomic E-state index is 0.0122. The maximum atomic E-state index is 13.0. The summed E-state index contributed by atoms with van der Waals surface area (Å²) in [7, 11) is 0. The Morgan fingerprint density at radius 1 is 1.17 bits per heavy atom. The number of carbonyl (C=O) groups excluding carboxylic acids is 2. The van der Waals surface area contributed by atoms with E-state index >= 15 is 0 Å². The summed E-state index contributed by atoms with van der Waals surface area (Å²) in [4.78, 5) is 24.3. The Labute approximate surface area is 169 Å². The van der Waals surface area contributed by atoms with Crippen LogP contribution in [-0.4, -0.2) is 26.7 Å². The van der Waals surface area contributed by atoms with E-state index in [1.807, 2.05) is 6.20 Å². The van der Waals surface area contributed by atoms with E-state index in [-0.39, 0.29) is 11.7 Å². The molecule has 0 saturated heterocycles. The maximum Gasteiger partial charge on any atom is 0.248 e. The highest BCUT2D eigenvalue weighted by molar-refractivity contribution is 5.98. The first-order valence-electron chi connectivity index (χ1n) is 10.3. The van der Waals surface area contributed by atoms with Crippen molar-refractivity contribution in [1.82, 2.24) is 15.0 Å². The number of amides is 1. The summed E-state index contributed by atoms with van der Waals surface area (Å²) in [6.07, 6.45) is 9.53. The molecule has 1 atom stereocenters. The fraction of sp³-hybridized carbons (Fsp3) is 0.500. The first-order chi connectivity index (χ1) is 14.0. The predicted molar refractivity (Wildman–Crippen MR) is 106 cm³/mol. The summed E-state index contributed by atoms with van der Waals surface area (Å²) in [6.45, 7) is 0. The molecular weight excluding hydrogens is 366 g/mol. The molecule has 0 radical (unpaired) electrons. The summed E-state index contributed by atoms with van der Waals surface area (Å²) in [5.74, 6) is -0.110. The highest BCUT2D eigenvalue weighted by atomic mass is 16.1. The highest BCUT2D eigenvalue weighted by Crippen LogP contribution is 2.43. The van der Waals surface area contributed by atoms with Gasteiger partial charge in [0, 0.05) is 23.5 Å². The highest BCUT2D eigenvalue weighted by Gasteiger charge is 2.47. The number of nitrogens with zero attached hydrogens (tertiary/aromatic N) is 4. The third-order valence-corrected chi connectivity index (χ3v) is 6.38. The summed E-state index contributed by atoms with van der Waals surface area (Å²) >= 11 is 0. The van der Waals surface area contributed by atoms with Gasteiger partial charge in [-0.2, -0.15) is 5.26 Å². The van der Waals surface area contributed by atoms with E-state index < -0.39 is 11.4 Å². The van der Waals surface area contributed by atoms with Crippen molar-refractivity contribution in [3.05, 3.63) is 47.3 Å². The summed E-state index contributed by atoms with van der Waals surface area (Å²) in [5.41, 5.74) is 6.50. The lowest BCUT2D eigenvalue weighted by molar-refractivity contribution is 0.0954. The van der Waals surface area contributed by atoms with Crippen LogP contribution in [0.1, 0.15) is 83.7 Å². The van der Waals surface area contributed by atoms with E-state index in [0.717, 1.165) is 31.4 Å². The van der Waals surface area contributed by atoms with Crippen molar-refractivity contribution in [2.24, 2.45) is 11.7 Å². The first kappa shape index (κ1) is 19.3. The van der Waals surface area contributed by atoms with Gasteiger partial charge in [0.25, 0.3) is 0 Å². The number of ketones is 1. The Morgan fingerprint density at radius 3 is 2.41 bits per heavy atom. The van der Waals surface area contributed by atoms with E-state index in [4.69, 9.17) is 5.73 Å². The fourth-order valence-corrected chi connectivity index (χ4v) is 4.35. The van der Waals surface area contributed by atoms with Crippen LogP contribution in [0.3, 0.4) is 0 Å². The molecule has 1 aromatic heterocycles. The second kappa shape index (κ2) is 7.78. The van der Waals surface area contributed by atoms with Gasteiger partial charge < -0.3 is 5.73 Å². The fourth-order valence-electron chi connectivity index (χ4n) is 4.35. The summed E-state index contributed by atoms with van der Waals surface area (Å²) in [6, 6.07) is 8.83. The summed E-state index contributed by atoms with van der Waals surface area (Å²) < 4.78 is 1.68. The minimum Gasteiger partial charge on any atom is -0.366 e. The molecule has 0 aliphatic heterocycles. The van der Waals surface area contributed by atoms with Gasteiger partial charge in [0.1, 0.15) is 0 Å². The molecule has 1 aromatic carbocycles. The van der Waals surface area contributed by atoms with Gasteiger partial charge >= 0.3 is 0 Å². The van der Waals surface area contributed by atoms with Crippen molar-refractivity contribution in [3.63, 3.8) is 0 Å².